The molecule has 0 bridgehead atoms. The zero-order valence-corrected chi connectivity index (χ0v) is 24.3. The summed E-state index contributed by atoms with van der Waals surface area (Å²) in [6.45, 7) is 5.94. The zero-order valence-electron chi connectivity index (χ0n) is 24.3. The van der Waals surface area contributed by atoms with Crippen LogP contribution in [0.3, 0.4) is 0 Å². The van der Waals surface area contributed by atoms with Crippen LogP contribution >= 0.6 is 0 Å². The number of amides is 2. The van der Waals surface area contributed by atoms with E-state index in [0.717, 1.165) is 66.6 Å². The summed E-state index contributed by atoms with van der Waals surface area (Å²) in [5.74, 6) is 1.06. The van der Waals surface area contributed by atoms with Crippen LogP contribution in [0.15, 0.2) is 42.7 Å². The minimum Gasteiger partial charge on any atom is -0.370 e. The number of aromatic nitrogens is 4. The topological polar surface area (TPSA) is 131 Å². The number of unbranched alkanes of at least 4 members (excludes halogenated alkanes) is 2. The number of aromatic amines is 1. The quantitative estimate of drug-likeness (QED) is 0.157. The standard InChI is InChI=1S/C29H43N9O2/c1-6-15-30-27-22(19-32-29(35-27)34-24-13-14-25-23(18-24)20-33-36-25)11-8-7-9-16-31-28(40)21(2)38(5)26(39)12-10-17-37(3)4/h10,12-14,18-21H,6-9,11,15-17H2,1-5H3,(H,31,40)(H,33,36)(H2,30,32,34,35)/b12-10+/t21-/m0/s1. The second-order valence-electron chi connectivity index (χ2n) is 10.2. The number of nitrogens with one attached hydrogen (secondary N) is 4. The van der Waals surface area contributed by atoms with Gasteiger partial charge < -0.3 is 25.8 Å². The van der Waals surface area contributed by atoms with Gasteiger partial charge in [-0.2, -0.15) is 10.1 Å². The molecule has 0 radical (unpaired) electrons. The zero-order chi connectivity index (χ0) is 28.9. The highest BCUT2D eigenvalue weighted by atomic mass is 16.2. The number of rotatable bonds is 16. The highest BCUT2D eigenvalue weighted by Gasteiger charge is 2.20. The normalized spacial score (nSPS) is 12.2. The average molecular weight is 550 g/mol. The smallest absolute Gasteiger partial charge is 0.246 e. The van der Waals surface area contributed by atoms with E-state index in [9.17, 15) is 9.59 Å². The summed E-state index contributed by atoms with van der Waals surface area (Å²) >= 11 is 0. The minimum atomic E-state index is -0.533. The number of hydrogen-bond donors (Lipinski definition) is 4. The van der Waals surface area contributed by atoms with Crippen molar-refractivity contribution in [3.63, 3.8) is 0 Å². The molecular formula is C29H43N9O2. The molecule has 4 N–H and O–H groups in total. The van der Waals surface area contributed by atoms with Crippen molar-refractivity contribution in [2.45, 2.75) is 52.0 Å². The number of benzene rings is 1. The van der Waals surface area contributed by atoms with Crippen LogP contribution in [0.4, 0.5) is 17.5 Å². The van der Waals surface area contributed by atoms with Gasteiger partial charge in [-0.1, -0.05) is 19.4 Å². The van der Waals surface area contributed by atoms with E-state index >= 15 is 0 Å². The average Bonchev–Trinajstić information content (AvgIpc) is 3.41. The third kappa shape index (κ3) is 9.33. The molecule has 11 nitrogen and oxygen atoms in total. The van der Waals surface area contributed by atoms with E-state index in [2.05, 4.69) is 38.1 Å². The summed E-state index contributed by atoms with van der Waals surface area (Å²) in [5.41, 5.74) is 2.95. The molecule has 0 aliphatic rings. The lowest BCUT2D eigenvalue weighted by Crippen LogP contribution is -2.45. The minimum absolute atomic E-state index is 0.147. The Morgan fingerprint density at radius 2 is 1.93 bits per heavy atom. The number of hydrogen-bond acceptors (Lipinski definition) is 8. The van der Waals surface area contributed by atoms with Crippen LogP contribution in [0.5, 0.6) is 0 Å². The Bertz CT molecular complexity index is 1270. The number of fused-ring (bicyclic) bond motifs is 1. The predicted octanol–water partition coefficient (Wildman–Crippen LogP) is 3.71. The maximum Gasteiger partial charge on any atom is 0.246 e. The molecule has 0 saturated heterocycles. The first-order valence-corrected chi connectivity index (χ1v) is 13.9. The molecule has 0 unspecified atom stereocenters. The summed E-state index contributed by atoms with van der Waals surface area (Å²) in [6.07, 6.45) is 11.6. The summed E-state index contributed by atoms with van der Waals surface area (Å²) in [5, 5.41) is 17.7. The third-order valence-electron chi connectivity index (χ3n) is 6.56. The molecule has 216 valence electrons. The van der Waals surface area contributed by atoms with Crippen molar-refractivity contribution in [1.82, 2.24) is 35.3 Å². The maximum absolute atomic E-state index is 12.5. The molecule has 0 spiro atoms. The lowest BCUT2D eigenvalue weighted by Gasteiger charge is -2.23. The maximum atomic E-state index is 12.5. The fourth-order valence-corrected chi connectivity index (χ4v) is 4.02. The first-order chi connectivity index (χ1) is 19.3. The predicted molar refractivity (Wildman–Crippen MR) is 161 cm³/mol. The molecule has 1 atom stereocenters. The van der Waals surface area contributed by atoms with Crippen LogP contribution in [-0.2, 0) is 16.0 Å². The van der Waals surface area contributed by atoms with E-state index in [1.54, 1.807) is 26.2 Å². The largest absolute Gasteiger partial charge is 0.370 e. The third-order valence-corrected chi connectivity index (χ3v) is 6.56. The van der Waals surface area contributed by atoms with Gasteiger partial charge in [0.25, 0.3) is 0 Å². The number of anilines is 3. The SMILES string of the molecule is CCCNc1nc(Nc2ccc3[nH]ncc3c2)ncc1CCCCCNC(=O)[C@H](C)N(C)C(=O)/C=C/CN(C)C. The molecule has 2 amide bonds. The number of carbonyl (C=O) groups excluding carboxylic acids is 2. The van der Waals surface area contributed by atoms with Gasteiger partial charge in [0.2, 0.25) is 17.8 Å². The Morgan fingerprint density at radius 1 is 1.10 bits per heavy atom. The Balaban J connectivity index is 1.44. The van der Waals surface area contributed by atoms with Crippen molar-refractivity contribution in [3.05, 3.63) is 48.3 Å². The van der Waals surface area contributed by atoms with E-state index < -0.39 is 6.04 Å². The monoisotopic (exact) mass is 549 g/mol. The Hall–Kier alpha value is -3.99. The van der Waals surface area contributed by atoms with E-state index in [0.29, 0.717) is 19.0 Å². The molecule has 1 aromatic carbocycles. The van der Waals surface area contributed by atoms with E-state index in [1.807, 2.05) is 43.4 Å². The molecule has 0 aliphatic heterocycles. The molecule has 11 heteroatoms. The van der Waals surface area contributed by atoms with Crippen molar-refractivity contribution < 1.29 is 9.59 Å². The summed E-state index contributed by atoms with van der Waals surface area (Å²) < 4.78 is 0. The van der Waals surface area contributed by atoms with E-state index in [1.165, 1.54) is 11.0 Å². The van der Waals surface area contributed by atoms with E-state index in [4.69, 9.17) is 4.98 Å². The van der Waals surface area contributed by atoms with Crippen molar-refractivity contribution in [1.29, 1.82) is 0 Å². The molecular weight excluding hydrogens is 506 g/mol. The van der Waals surface area contributed by atoms with Crippen molar-refractivity contribution in [2.24, 2.45) is 0 Å². The number of H-pyrrole nitrogens is 1. The highest BCUT2D eigenvalue weighted by molar-refractivity contribution is 5.92. The second kappa shape index (κ2) is 15.6. The number of aryl methyl sites for hydroxylation is 1. The first-order valence-electron chi connectivity index (χ1n) is 13.9. The van der Waals surface area contributed by atoms with E-state index in [-0.39, 0.29) is 11.8 Å². The van der Waals surface area contributed by atoms with Gasteiger partial charge in [-0.3, -0.25) is 14.7 Å². The molecule has 3 rings (SSSR count). The molecule has 0 saturated carbocycles. The summed E-state index contributed by atoms with van der Waals surface area (Å²) in [7, 11) is 5.52. The number of nitrogens with zero attached hydrogens (tertiary/aromatic N) is 5. The molecule has 0 fully saturated rings. The molecule has 2 aromatic heterocycles. The van der Waals surface area contributed by atoms with Gasteiger partial charge in [-0.05, 0) is 64.9 Å². The molecule has 3 aromatic rings. The van der Waals surface area contributed by atoms with Gasteiger partial charge in [0.05, 0.1) is 11.7 Å². The van der Waals surface area contributed by atoms with Crippen LogP contribution in [0.1, 0.15) is 45.1 Å². The molecule has 0 aliphatic carbocycles. The van der Waals surface area contributed by atoms with Gasteiger partial charge >= 0.3 is 0 Å². The Kier molecular flexibility index (Phi) is 11.9. The summed E-state index contributed by atoms with van der Waals surface area (Å²) in [6, 6.07) is 5.42. The highest BCUT2D eigenvalue weighted by Crippen LogP contribution is 2.22. The van der Waals surface area contributed by atoms with Crippen molar-refractivity contribution in [3.8, 4) is 0 Å². The Morgan fingerprint density at radius 3 is 2.70 bits per heavy atom. The lowest BCUT2D eigenvalue weighted by atomic mass is 10.1. The molecule has 2 heterocycles. The van der Waals surface area contributed by atoms with Gasteiger partial charge in [0.15, 0.2) is 0 Å². The van der Waals surface area contributed by atoms with Gasteiger partial charge in [-0.25, -0.2) is 4.98 Å². The Labute approximate surface area is 236 Å². The number of carbonyl (C=O) groups is 2. The fraction of sp³-hybridized carbons (Fsp3) is 0.483. The van der Waals surface area contributed by atoms with Gasteiger partial charge in [-0.15, -0.1) is 0 Å². The van der Waals surface area contributed by atoms with Crippen LogP contribution in [0, 0.1) is 0 Å². The molecule has 40 heavy (non-hydrogen) atoms. The second-order valence-corrected chi connectivity index (χ2v) is 10.2. The van der Waals surface area contributed by atoms with Crippen LogP contribution in [-0.4, -0.2) is 88.6 Å². The van der Waals surface area contributed by atoms with Crippen LogP contribution in [0.2, 0.25) is 0 Å². The van der Waals surface area contributed by atoms with Gasteiger partial charge in [0, 0.05) is 55.6 Å². The summed E-state index contributed by atoms with van der Waals surface area (Å²) in [4.78, 5) is 37.5. The van der Waals surface area contributed by atoms with Crippen LogP contribution < -0.4 is 16.0 Å². The fourth-order valence-electron chi connectivity index (χ4n) is 4.02. The first kappa shape index (κ1) is 30.6. The van der Waals surface area contributed by atoms with Gasteiger partial charge in [0.1, 0.15) is 11.9 Å². The van der Waals surface area contributed by atoms with Crippen molar-refractivity contribution in [2.75, 3.05) is 51.4 Å². The number of likely N-dealkylation sites (N-methyl/N-ethyl adjacent to an activating group) is 2. The van der Waals surface area contributed by atoms with Crippen molar-refractivity contribution >= 4 is 40.2 Å². The van der Waals surface area contributed by atoms with Crippen LogP contribution in [0.25, 0.3) is 10.9 Å². The lowest BCUT2D eigenvalue weighted by molar-refractivity contribution is -0.135.